The summed E-state index contributed by atoms with van der Waals surface area (Å²) in [5.41, 5.74) is 0. The minimum absolute atomic E-state index is 0.187. The molecule has 3 rings (SSSR count). The van der Waals surface area contributed by atoms with Gasteiger partial charge in [0, 0.05) is 19.6 Å². The molecule has 0 unspecified atom stereocenters. The van der Waals surface area contributed by atoms with E-state index in [1.807, 2.05) is 11.4 Å². The highest BCUT2D eigenvalue weighted by Crippen LogP contribution is 2.25. The van der Waals surface area contributed by atoms with Crippen molar-refractivity contribution >= 4 is 37.4 Å². The molecule has 0 saturated carbocycles. The van der Waals surface area contributed by atoms with Crippen molar-refractivity contribution in [2.75, 3.05) is 30.7 Å². The monoisotopic (exact) mass is 340 g/mol. The molecule has 2 aromatic rings. The fourth-order valence-electron chi connectivity index (χ4n) is 2.75. The molecule has 2 aromatic heterocycles. The van der Waals surface area contributed by atoms with Crippen LogP contribution < -0.4 is 5.32 Å². The van der Waals surface area contributed by atoms with Crippen LogP contribution in [0, 0.1) is 5.92 Å². The maximum Gasteiger partial charge on any atom is 0.213 e. The summed E-state index contributed by atoms with van der Waals surface area (Å²) in [5, 5.41) is 6.47. The summed E-state index contributed by atoms with van der Waals surface area (Å²) < 4.78 is 25.3. The number of rotatable bonds is 5. The Morgan fingerprint density at radius 3 is 2.86 bits per heavy atom. The molecule has 0 bridgehead atoms. The maximum atomic E-state index is 11.9. The van der Waals surface area contributed by atoms with Crippen LogP contribution in [0.2, 0.25) is 0 Å². The normalized spacial score (nSPS) is 17.9. The van der Waals surface area contributed by atoms with Crippen LogP contribution in [0.1, 0.15) is 19.8 Å². The summed E-state index contributed by atoms with van der Waals surface area (Å²) in [6.07, 6.45) is 3.37. The van der Waals surface area contributed by atoms with Crippen LogP contribution in [0.5, 0.6) is 0 Å². The second kappa shape index (κ2) is 6.47. The van der Waals surface area contributed by atoms with Crippen molar-refractivity contribution in [1.82, 2.24) is 14.3 Å². The number of hydrogen-bond acceptors (Lipinski definition) is 6. The average Bonchev–Trinajstić information content (AvgIpc) is 3.02. The molecule has 1 saturated heterocycles. The van der Waals surface area contributed by atoms with Gasteiger partial charge in [-0.25, -0.2) is 22.7 Å². The molecule has 6 nitrogen and oxygen atoms in total. The number of nitrogens with one attached hydrogen (secondary N) is 1. The zero-order chi connectivity index (χ0) is 15.6. The van der Waals surface area contributed by atoms with Gasteiger partial charge in [0.1, 0.15) is 17.0 Å². The van der Waals surface area contributed by atoms with Crippen LogP contribution in [0.3, 0.4) is 0 Å². The lowest BCUT2D eigenvalue weighted by molar-refractivity contribution is 0.282. The number of hydrogen-bond donors (Lipinski definition) is 1. The second-order valence-corrected chi connectivity index (χ2v) is 8.64. The highest BCUT2D eigenvalue weighted by Gasteiger charge is 2.26. The highest BCUT2D eigenvalue weighted by atomic mass is 32.2. The van der Waals surface area contributed by atoms with Gasteiger partial charge in [-0.1, -0.05) is 0 Å². The van der Waals surface area contributed by atoms with Crippen LogP contribution in [-0.4, -0.2) is 48.1 Å². The number of anilines is 1. The van der Waals surface area contributed by atoms with Crippen molar-refractivity contribution in [3.05, 3.63) is 17.8 Å². The van der Waals surface area contributed by atoms with Gasteiger partial charge in [0.25, 0.3) is 0 Å². The summed E-state index contributed by atoms with van der Waals surface area (Å²) in [4.78, 5) is 9.53. The van der Waals surface area contributed by atoms with Crippen LogP contribution in [0.25, 0.3) is 10.2 Å². The van der Waals surface area contributed by atoms with Gasteiger partial charge in [-0.3, -0.25) is 0 Å². The number of aromatic nitrogens is 2. The Kier molecular flexibility index (Phi) is 4.60. The summed E-state index contributed by atoms with van der Waals surface area (Å²) in [6.45, 7) is 3.77. The summed E-state index contributed by atoms with van der Waals surface area (Å²) >= 11 is 1.60. The van der Waals surface area contributed by atoms with E-state index >= 15 is 0 Å². The molecule has 1 aliphatic rings. The van der Waals surface area contributed by atoms with Gasteiger partial charge < -0.3 is 5.32 Å². The fraction of sp³-hybridized carbons (Fsp3) is 0.571. The Morgan fingerprint density at radius 1 is 1.36 bits per heavy atom. The Bertz CT molecular complexity index is 736. The van der Waals surface area contributed by atoms with E-state index in [1.165, 1.54) is 0 Å². The van der Waals surface area contributed by atoms with Crippen LogP contribution in [0.4, 0.5) is 5.82 Å². The predicted molar refractivity (Wildman–Crippen MR) is 89.7 cm³/mol. The summed E-state index contributed by atoms with van der Waals surface area (Å²) in [5.74, 6) is 1.54. The van der Waals surface area contributed by atoms with Gasteiger partial charge in [0.05, 0.1) is 11.1 Å². The summed E-state index contributed by atoms with van der Waals surface area (Å²) in [7, 11) is -3.04. The van der Waals surface area contributed by atoms with Crippen molar-refractivity contribution in [3.63, 3.8) is 0 Å². The van der Waals surface area contributed by atoms with E-state index in [4.69, 9.17) is 0 Å². The van der Waals surface area contributed by atoms with Gasteiger partial charge in [-0.15, -0.1) is 11.3 Å². The quantitative estimate of drug-likeness (QED) is 0.903. The van der Waals surface area contributed by atoms with Gasteiger partial charge in [-0.2, -0.15) is 0 Å². The number of fused-ring (bicyclic) bond motifs is 1. The van der Waals surface area contributed by atoms with Crippen LogP contribution in [-0.2, 0) is 10.0 Å². The Labute approximate surface area is 134 Å². The molecular weight excluding hydrogens is 320 g/mol. The SMILES string of the molecule is CCS(=O)(=O)N1CCC(CNc2ncnc3sccc23)CC1. The molecule has 1 fully saturated rings. The molecule has 0 atom stereocenters. The van der Waals surface area contributed by atoms with Gasteiger partial charge in [-0.05, 0) is 37.1 Å². The van der Waals surface area contributed by atoms with Crippen molar-refractivity contribution in [1.29, 1.82) is 0 Å². The number of piperidine rings is 1. The minimum Gasteiger partial charge on any atom is -0.369 e. The predicted octanol–water partition coefficient (Wildman–Crippen LogP) is 2.16. The fourth-order valence-corrected chi connectivity index (χ4v) is 4.61. The smallest absolute Gasteiger partial charge is 0.213 e. The first kappa shape index (κ1) is 15.6. The van der Waals surface area contributed by atoms with E-state index in [0.29, 0.717) is 19.0 Å². The lowest BCUT2D eigenvalue weighted by Gasteiger charge is -2.31. The third kappa shape index (κ3) is 3.23. The largest absolute Gasteiger partial charge is 0.369 e. The highest BCUT2D eigenvalue weighted by molar-refractivity contribution is 7.89. The maximum absolute atomic E-state index is 11.9. The van der Waals surface area contributed by atoms with E-state index in [-0.39, 0.29) is 5.75 Å². The first-order valence-electron chi connectivity index (χ1n) is 7.50. The van der Waals surface area contributed by atoms with E-state index in [0.717, 1.165) is 35.4 Å². The van der Waals surface area contributed by atoms with E-state index < -0.39 is 10.0 Å². The first-order chi connectivity index (χ1) is 10.6. The first-order valence-corrected chi connectivity index (χ1v) is 9.99. The molecule has 8 heteroatoms. The molecule has 0 amide bonds. The molecule has 120 valence electrons. The average molecular weight is 340 g/mol. The number of nitrogens with zero attached hydrogens (tertiary/aromatic N) is 3. The van der Waals surface area contributed by atoms with Gasteiger partial charge in [0.2, 0.25) is 10.0 Å². The molecule has 0 aromatic carbocycles. The van der Waals surface area contributed by atoms with Gasteiger partial charge in [0.15, 0.2) is 0 Å². The zero-order valence-corrected chi connectivity index (χ0v) is 14.2. The lowest BCUT2D eigenvalue weighted by Crippen LogP contribution is -2.40. The van der Waals surface area contributed by atoms with Crippen molar-refractivity contribution in [2.45, 2.75) is 19.8 Å². The molecule has 1 aliphatic heterocycles. The summed E-state index contributed by atoms with van der Waals surface area (Å²) in [6, 6.07) is 2.03. The van der Waals surface area contributed by atoms with Crippen LogP contribution in [0.15, 0.2) is 17.8 Å². The molecule has 0 spiro atoms. The Morgan fingerprint density at radius 2 is 2.14 bits per heavy atom. The third-order valence-corrected chi connectivity index (χ3v) is 6.85. The molecule has 3 heterocycles. The molecule has 0 aliphatic carbocycles. The van der Waals surface area contributed by atoms with Gasteiger partial charge >= 0.3 is 0 Å². The minimum atomic E-state index is -3.04. The molecule has 22 heavy (non-hydrogen) atoms. The molecule has 1 N–H and O–H groups in total. The number of thiophene rings is 1. The number of sulfonamides is 1. The molecular formula is C14H20N4O2S2. The van der Waals surface area contributed by atoms with E-state index in [1.54, 1.807) is 28.9 Å². The second-order valence-electron chi connectivity index (χ2n) is 5.49. The van der Waals surface area contributed by atoms with E-state index in [2.05, 4.69) is 15.3 Å². The van der Waals surface area contributed by atoms with Crippen molar-refractivity contribution < 1.29 is 8.42 Å². The topological polar surface area (TPSA) is 75.2 Å². The standard InChI is InChI=1S/C14H20N4O2S2/c1-2-22(19,20)18-6-3-11(4-7-18)9-15-13-12-5-8-21-14(12)17-10-16-13/h5,8,10-11H,2-4,6-7,9H2,1H3,(H,15,16,17). The Hall–Kier alpha value is -1.25. The third-order valence-electron chi connectivity index (χ3n) is 4.15. The zero-order valence-electron chi connectivity index (χ0n) is 12.5. The lowest BCUT2D eigenvalue weighted by atomic mass is 9.98. The Balaban J connectivity index is 1.57. The molecule has 0 radical (unpaired) electrons. The van der Waals surface area contributed by atoms with Crippen molar-refractivity contribution in [3.8, 4) is 0 Å². The van der Waals surface area contributed by atoms with Crippen molar-refractivity contribution in [2.24, 2.45) is 5.92 Å². The van der Waals surface area contributed by atoms with E-state index in [9.17, 15) is 8.42 Å². The van der Waals surface area contributed by atoms with Crippen LogP contribution >= 0.6 is 11.3 Å².